The van der Waals surface area contributed by atoms with Gasteiger partial charge in [-0.15, -0.1) is 0 Å². The van der Waals surface area contributed by atoms with Crippen LogP contribution in [0.1, 0.15) is 24.0 Å². The van der Waals surface area contributed by atoms with Gasteiger partial charge in [0.2, 0.25) is 15.9 Å². The SMILES string of the molecule is O=C(Nc1ccc(C(F)(F)F)cc1)[C@H]1CCCN(S(=O)(=O)Cc2ccccc2Cl)C1. The number of amides is 1. The van der Waals surface area contributed by atoms with Crippen molar-refractivity contribution >= 4 is 33.2 Å². The number of nitrogens with one attached hydrogen (secondary N) is 1. The number of piperidine rings is 1. The maximum Gasteiger partial charge on any atom is 0.416 e. The Balaban J connectivity index is 1.65. The number of sulfonamides is 1. The monoisotopic (exact) mass is 460 g/mol. The van der Waals surface area contributed by atoms with E-state index in [1.807, 2.05) is 0 Å². The fraction of sp³-hybridized carbons (Fsp3) is 0.350. The molecule has 10 heteroatoms. The quantitative estimate of drug-likeness (QED) is 0.712. The van der Waals surface area contributed by atoms with Crippen LogP contribution in [0.2, 0.25) is 5.02 Å². The highest BCUT2D eigenvalue weighted by Crippen LogP contribution is 2.30. The van der Waals surface area contributed by atoms with Gasteiger partial charge in [-0.2, -0.15) is 13.2 Å². The molecule has 5 nitrogen and oxygen atoms in total. The molecule has 1 saturated heterocycles. The van der Waals surface area contributed by atoms with Crippen molar-refractivity contribution in [2.24, 2.45) is 5.92 Å². The molecule has 1 heterocycles. The average molecular weight is 461 g/mol. The number of halogens is 4. The highest BCUT2D eigenvalue weighted by molar-refractivity contribution is 7.88. The lowest BCUT2D eigenvalue weighted by molar-refractivity contribution is -0.137. The normalized spacial score (nSPS) is 18.2. The molecule has 0 radical (unpaired) electrons. The lowest BCUT2D eigenvalue weighted by Gasteiger charge is -2.31. The van der Waals surface area contributed by atoms with Crippen LogP contribution < -0.4 is 5.32 Å². The van der Waals surface area contributed by atoms with Crippen molar-refractivity contribution in [3.8, 4) is 0 Å². The van der Waals surface area contributed by atoms with Crippen molar-refractivity contribution in [3.63, 3.8) is 0 Å². The van der Waals surface area contributed by atoms with Crippen LogP contribution in [0.5, 0.6) is 0 Å². The molecule has 1 aliphatic heterocycles. The molecular weight excluding hydrogens is 441 g/mol. The van der Waals surface area contributed by atoms with Crippen molar-refractivity contribution in [1.29, 1.82) is 0 Å². The van der Waals surface area contributed by atoms with E-state index < -0.39 is 33.6 Å². The number of hydrogen-bond donors (Lipinski definition) is 1. The predicted molar refractivity (Wildman–Crippen MR) is 108 cm³/mol. The van der Waals surface area contributed by atoms with Crippen molar-refractivity contribution in [2.75, 3.05) is 18.4 Å². The Morgan fingerprint density at radius 2 is 1.80 bits per heavy atom. The summed E-state index contributed by atoms with van der Waals surface area (Å²) >= 11 is 6.06. The van der Waals surface area contributed by atoms with Gasteiger partial charge < -0.3 is 5.32 Å². The van der Waals surface area contributed by atoms with E-state index in [2.05, 4.69) is 5.32 Å². The van der Waals surface area contributed by atoms with Crippen LogP contribution in [-0.4, -0.2) is 31.7 Å². The van der Waals surface area contributed by atoms with E-state index in [9.17, 15) is 26.4 Å². The first-order valence-electron chi connectivity index (χ1n) is 9.25. The van der Waals surface area contributed by atoms with Crippen LogP contribution in [0.15, 0.2) is 48.5 Å². The van der Waals surface area contributed by atoms with E-state index in [0.29, 0.717) is 30.0 Å². The highest BCUT2D eigenvalue weighted by Gasteiger charge is 2.33. The Bertz CT molecular complexity index is 1010. The fourth-order valence-electron chi connectivity index (χ4n) is 3.30. The minimum atomic E-state index is -4.46. The summed E-state index contributed by atoms with van der Waals surface area (Å²) in [5.41, 5.74) is -0.102. The molecule has 1 fully saturated rings. The van der Waals surface area contributed by atoms with Gasteiger partial charge in [0.15, 0.2) is 0 Å². The Hall–Kier alpha value is -2.10. The summed E-state index contributed by atoms with van der Waals surface area (Å²) in [7, 11) is -3.68. The molecule has 3 rings (SSSR count). The number of anilines is 1. The van der Waals surface area contributed by atoms with E-state index in [1.165, 1.54) is 16.4 Å². The molecule has 1 aliphatic rings. The molecule has 30 heavy (non-hydrogen) atoms. The smallest absolute Gasteiger partial charge is 0.326 e. The molecule has 0 unspecified atom stereocenters. The summed E-state index contributed by atoms with van der Waals surface area (Å²) in [5, 5.41) is 2.93. The molecule has 0 aromatic heterocycles. The number of carbonyl (C=O) groups is 1. The summed E-state index contributed by atoms with van der Waals surface area (Å²) in [5.74, 6) is -1.28. The summed E-state index contributed by atoms with van der Waals surface area (Å²) < 4.78 is 64.8. The Labute approximate surface area is 177 Å². The van der Waals surface area contributed by atoms with Crippen LogP contribution in [0.4, 0.5) is 18.9 Å². The second-order valence-corrected chi connectivity index (χ2v) is 9.49. The zero-order valence-corrected chi connectivity index (χ0v) is 17.4. The lowest BCUT2D eigenvalue weighted by Crippen LogP contribution is -2.44. The molecular formula is C20H20ClF3N2O3S. The van der Waals surface area contributed by atoms with Crippen LogP contribution in [-0.2, 0) is 26.7 Å². The minimum absolute atomic E-state index is 0.0131. The number of carbonyl (C=O) groups excluding carboxylic acids is 1. The number of benzene rings is 2. The predicted octanol–water partition coefficient (Wildman–Crippen LogP) is 4.54. The number of rotatable bonds is 5. The summed E-state index contributed by atoms with van der Waals surface area (Å²) in [6, 6.07) is 10.8. The van der Waals surface area contributed by atoms with E-state index in [4.69, 9.17) is 11.6 Å². The third kappa shape index (κ3) is 5.53. The molecule has 0 aliphatic carbocycles. The molecule has 1 atom stereocenters. The minimum Gasteiger partial charge on any atom is -0.326 e. The standard InChI is InChI=1S/C20H20ClF3N2O3S/c21-18-6-2-1-4-15(18)13-30(28,29)26-11-3-5-14(12-26)19(27)25-17-9-7-16(8-10-17)20(22,23)24/h1-2,4,6-10,14H,3,5,11-13H2,(H,25,27)/t14-/m0/s1. The molecule has 2 aromatic rings. The molecule has 1 amide bonds. The second kappa shape index (κ2) is 8.95. The van der Waals surface area contributed by atoms with Crippen LogP contribution in [0.3, 0.4) is 0 Å². The van der Waals surface area contributed by atoms with Crippen LogP contribution in [0, 0.1) is 5.92 Å². The topological polar surface area (TPSA) is 66.5 Å². The van der Waals surface area contributed by atoms with Gasteiger partial charge in [-0.05, 0) is 48.7 Å². The van der Waals surface area contributed by atoms with Crippen molar-refractivity contribution in [3.05, 3.63) is 64.7 Å². The molecule has 0 bridgehead atoms. The number of nitrogens with zero attached hydrogens (tertiary/aromatic N) is 1. The van der Waals surface area contributed by atoms with Gasteiger partial charge in [0, 0.05) is 23.8 Å². The maximum atomic E-state index is 12.8. The van der Waals surface area contributed by atoms with Gasteiger partial charge in [-0.1, -0.05) is 29.8 Å². The molecule has 2 aromatic carbocycles. The third-order valence-electron chi connectivity index (χ3n) is 4.92. The van der Waals surface area contributed by atoms with Crippen molar-refractivity contribution in [1.82, 2.24) is 4.31 Å². The van der Waals surface area contributed by atoms with E-state index in [1.54, 1.807) is 24.3 Å². The van der Waals surface area contributed by atoms with E-state index in [0.717, 1.165) is 12.1 Å². The van der Waals surface area contributed by atoms with Crippen molar-refractivity contribution < 1.29 is 26.4 Å². The van der Waals surface area contributed by atoms with Gasteiger partial charge in [0.1, 0.15) is 0 Å². The zero-order chi connectivity index (χ0) is 21.9. The van der Waals surface area contributed by atoms with Crippen LogP contribution in [0.25, 0.3) is 0 Å². The third-order valence-corrected chi connectivity index (χ3v) is 7.09. The first kappa shape index (κ1) is 22.6. The first-order chi connectivity index (χ1) is 14.1. The van der Waals surface area contributed by atoms with Crippen LogP contribution >= 0.6 is 11.6 Å². The summed E-state index contributed by atoms with van der Waals surface area (Å²) in [4.78, 5) is 12.6. The molecule has 1 N–H and O–H groups in total. The van der Waals surface area contributed by atoms with Gasteiger partial charge in [0.25, 0.3) is 0 Å². The lowest BCUT2D eigenvalue weighted by atomic mass is 9.98. The Kier molecular flexibility index (Phi) is 6.74. The number of hydrogen-bond acceptors (Lipinski definition) is 3. The van der Waals surface area contributed by atoms with Crippen molar-refractivity contribution in [2.45, 2.75) is 24.8 Å². The largest absolute Gasteiger partial charge is 0.416 e. The van der Waals surface area contributed by atoms with Gasteiger partial charge in [-0.3, -0.25) is 4.79 Å². The molecule has 162 valence electrons. The first-order valence-corrected chi connectivity index (χ1v) is 11.2. The molecule has 0 saturated carbocycles. The maximum absolute atomic E-state index is 12.8. The Morgan fingerprint density at radius 1 is 1.13 bits per heavy atom. The van der Waals surface area contributed by atoms with Gasteiger partial charge in [-0.25, -0.2) is 12.7 Å². The Morgan fingerprint density at radius 3 is 2.43 bits per heavy atom. The summed E-state index contributed by atoms with van der Waals surface area (Å²) in [6.07, 6.45) is -3.46. The second-order valence-electron chi connectivity index (χ2n) is 7.11. The number of alkyl halides is 3. The average Bonchev–Trinajstić information content (AvgIpc) is 2.69. The fourth-order valence-corrected chi connectivity index (χ4v) is 5.22. The summed E-state index contributed by atoms with van der Waals surface area (Å²) in [6.45, 7) is 0.316. The van der Waals surface area contributed by atoms with E-state index >= 15 is 0 Å². The zero-order valence-electron chi connectivity index (χ0n) is 15.8. The highest BCUT2D eigenvalue weighted by atomic mass is 35.5. The van der Waals surface area contributed by atoms with Gasteiger partial charge in [0.05, 0.1) is 17.2 Å². The van der Waals surface area contributed by atoms with Gasteiger partial charge >= 0.3 is 6.18 Å². The molecule has 0 spiro atoms. The van der Waals surface area contributed by atoms with E-state index in [-0.39, 0.29) is 18.0 Å².